The number of rotatable bonds is 7. The van der Waals surface area contributed by atoms with Gasteiger partial charge in [-0.3, -0.25) is 19.4 Å². The summed E-state index contributed by atoms with van der Waals surface area (Å²) in [4.78, 5) is 45.6. The van der Waals surface area contributed by atoms with E-state index < -0.39 is 11.9 Å². The number of benzene rings is 2. The van der Waals surface area contributed by atoms with Gasteiger partial charge in [0.05, 0.1) is 12.1 Å². The lowest BCUT2D eigenvalue weighted by atomic mass is 10.1. The summed E-state index contributed by atoms with van der Waals surface area (Å²) in [7, 11) is 0. The highest BCUT2D eigenvalue weighted by atomic mass is 16.5. The van der Waals surface area contributed by atoms with Crippen LogP contribution in [0.1, 0.15) is 12.0 Å². The zero-order valence-electron chi connectivity index (χ0n) is 16.8. The van der Waals surface area contributed by atoms with Crippen molar-refractivity contribution in [2.45, 2.75) is 19.0 Å². The molecule has 1 atom stereocenters. The number of carbonyl (C=O) groups excluding carboxylic acids is 3. The smallest absolute Gasteiger partial charge is 0.261 e. The lowest BCUT2D eigenvalue weighted by Gasteiger charge is -2.27. The Kier molecular flexibility index (Phi) is 6.03. The number of pyridine rings is 1. The lowest BCUT2D eigenvalue weighted by Crippen LogP contribution is -2.46. The summed E-state index contributed by atoms with van der Waals surface area (Å²) in [6.45, 7) is -0.0925. The summed E-state index contributed by atoms with van der Waals surface area (Å²) in [5, 5.41) is 0. The van der Waals surface area contributed by atoms with Crippen LogP contribution in [0.4, 0.5) is 5.69 Å². The zero-order chi connectivity index (χ0) is 21.6. The number of nitrogens with zero attached hydrogens (tertiary/aromatic N) is 3. The van der Waals surface area contributed by atoms with Gasteiger partial charge in [0.2, 0.25) is 5.91 Å². The van der Waals surface area contributed by atoms with Gasteiger partial charge in [-0.1, -0.05) is 42.5 Å². The SMILES string of the molecule is O=C1CC(N(Cc2cccnc2)C(=O)COc2ccccc2)C(=O)N1c1ccccc1. The molecule has 0 aliphatic carbocycles. The minimum Gasteiger partial charge on any atom is -0.484 e. The van der Waals surface area contributed by atoms with E-state index >= 15 is 0 Å². The Bertz CT molecular complexity index is 1060. The number of anilines is 1. The van der Waals surface area contributed by atoms with Crippen molar-refractivity contribution in [3.63, 3.8) is 0 Å². The molecule has 156 valence electrons. The van der Waals surface area contributed by atoms with Gasteiger partial charge in [0.25, 0.3) is 11.8 Å². The van der Waals surface area contributed by atoms with Crippen LogP contribution in [-0.4, -0.2) is 40.3 Å². The number of amides is 3. The molecule has 2 aromatic carbocycles. The number of carbonyl (C=O) groups is 3. The Morgan fingerprint density at radius 2 is 1.71 bits per heavy atom. The van der Waals surface area contributed by atoms with Crippen molar-refractivity contribution in [3.8, 4) is 5.75 Å². The normalized spacial score (nSPS) is 15.7. The average molecular weight is 415 g/mol. The van der Waals surface area contributed by atoms with Gasteiger partial charge in [-0.2, -0.15) is 0 Å². The molecule has 4 rings (SSSR count). The molecule has 1 unspecified atom stereocenters. The fourth-order valence-electron chi connectivity index (χ4n) is 3.51. The Morgan fingerprint density at radius 3 is 2.39 bits per heavy atom. The number of para-hydroxylation sites is 2. The molecule has 1 fully saturated rings. The third kappa shape index (κ3) is 4.61. The van der Waals surface area contributed by atoms with Crippen molar-refractivity contribution in [2.24, 2.45) is 0 Å². The van der Waals surface area contributed by atoms with Gasteiger partial charge in [0.1, 0.15) is 11.8 Å². The zero-order valence-corrected chi connectivity index (χ0v) is 16.8. The number of hydrogen-bond donors (Lipinski definition) is 0. The second kappa shape index (κ2) is 9.21. The third-order valence-electron chi connectivity index (χ3n) is 5.02. The van der Waals surface area contributed by atoms with Crippen molar-refractivity contribution in [3.05, 3.63) is 90.8 Å². The molecule has 7 nitrogen and oxygen atoms in total. The van der Waals surface area contributed by atoms with Crippen LogP contribution in [-0.2, 0) is 20.9 Å². The predicted octanol–water partition coefficient (Wildman–Crippen LogP) is 2.82. The van der Waals surface area contributed by atoms with Crippen molar-refractivity contribution < 1.29 is 19.1 Å². The van der Waals surface area contributed by atoms with Crippen LogP contribution in [0, 0.1) is 0 Å². The molecular weight excluding hydrogens is 394 g/mol. The number of aromatic nitrogens is 1. The molecule has 0 radical (unpaired) electrons. The lowest BCUT2D eigenvalue weighted by molar-refractivity contribution is -0.140. The maximum absolute atomic E-state index is 13.2. The molecule has 3 aromatic rings. The van der Waals surface area contributed by atoms with E-state index in [1.54, 1.807) is 54.9 Å². The fourth-order valence-corrected chi connectivity index (χ4v) is 3.51. The van der Waals surface area contributed by atoms with Crippen LogP contribution in [0.3, 0.4) is 0 Å². The quantitative estimate of drug-likeness (QED) is 0.555. The van der Waals surface area contributed by atoms with Crippen LogP contribution >= 0.6 is 0 Å². The highest BCUT2D eigenvalue weighted by Gasteiger charge is 2.44. The van der Waals surface area contributed by atoms with E-state index in [2.05, 4.69) is 4.98 Å². The molecule has 1 aromatic heterocycles. The van der Waals surface area contributed by atoms with E-state index in [1.165, 1.54) is 4.90 Å². The van der Waals surface area contributed by atoms with Crippen LogP contribution < -0.4 is 9.64 Å². The summed E-state index contributed by atoms with van der Waals surface area (Å²) >= 11 is 0. The van der Waals surface area contributed by atoms with Crippen LogP contribution in [0.25, 0.3) is 0 Å². The summed E-state index contributed by atoms with van der Waals surface area (Å²) < 4.78 is 5.60. The molecule has 0 N–H and O–H groups in total. The second-order valence-corrected chi connectivity index (χ2v) is 7.11. The largest absolute Gasteiger partial charge is 0.484 e. The first-order valence-electron chi connectivity index (χ1n) is 9.91. The monoisotopic (exact) mass is 415 g/mol. The number of ether oxygens (including phenoxy) is 1. The van der Waals surface area contributed by atoms with Crippen LogP contribution in [0.15, 0.2) is 85.2 Å². The predicted molar refractivity (Wildman–Crippen MR) is 114 cm³/mol. The summed E-state index contributed by atoms with van der Waals surface area (Å²) in [5.74, 6) is -0.590. The van der Waals surface area contributed by atoms with Gasteiger partial charge in [0.15, 0.2) is 6.61 Å². The van der Waals surface area contributed by atoms with Crippen molar-refractivity contribution in [1.29, 1.82) is 0 Å². The van der Waals surface area contributed by atoms with E-state index in [0.29, 0.717) is 11.4 Å². The van der Waals surface area contributed by atoms with Gasteiger partial charge in [0, 0.05) is 18.9 Å². The average Bonchev–Trinajstić information content (AvgIpc) is 3.11. The van der Waals surface area contributed by atoms with Crippen LogP contribution in [0.2, 0.25) is 0 Å². The van der Waals surface area contributed by atoms with Gasteiger partial charge in [-0.15, -0.1) is 0 Å². The Morgan fingerprint density at radius 1 is 1.00 bits per heavy atom. The summed E-state index contributed by atoms with van der Waals surface area (Å²) in [6, 6.07) is 20.4. The summed E-state index contributed by atoms with van der Waals surface area (Å²) in [5.41, 5.74) is 1.25. The fraction of sp³-hybridized carbons (Fsp3) is 0.167. The summed E-state index contributed by atoms with van der Waals surface area (Å²) in [6.07, 6.45) is 3.19. The molecule has 0 spiro atoms. The molecule has 3 amide bonds. The van der Waals surface area contributed by atoms with Gasteiger partial charge in [-0.25, -0.2) is 4.90 Å². The Labute approximate surface area is 179 Å². The van der Waals surface area contributed by atoms with Gasteiger partial charge in [-0.05, 0) is 35.9 Å². The third-order valence-corrected chi connectivity index (χ3v) is 5.02. The van der Waals surface area contributed by atoms with E-state index in [1.807, 2.05) is 30.3 Å². The molecule has 0 saturated carbocycles. The van der Waals surface area contributed by atoms with Gasteiger partial charge >= 0.3 is 0 Å². The molecule has 2 heterocycles. The van der Waals surface area contributed by atoms with Gasteiger partial charge < -0.3 is 9.64 Å². The molecule has 7 heteroatoms. The van der Waals surface area contributed by atoms with E-state index in [-0.39, 0.29) is 31.4 Å². The van der Waals surface area contributed by atoms with Crippen molar-refractivity contribution in [2.75, 3.05) is 11.5 Å². The minimum atomic E-state index is -0.903. The molecule has 0 bridgehead atoms. The van der Waals surface area contributed by atoms with E-state index in [9.17, 15) is 14.4 Å². The number of imide groups is 1. The topological polar surface area (TPSA) is 79.8 Å². The Balaban J connectivity index is 1.57. The maximum Gasteiger partial charge on any atom is 0.261 e. The van der Waals surface area contributed by atoms with E-state index in [4.69, 9.17) is 4.74 Å². The Hall–Kier alpha value is -4.00. The van der Waals surface area contributed by atoms with Crippen LogP contribution in [0.5, 0.6) is 5.75 Å². The molecule has 1 aliphatic rings. The first-order chi connectivity index (χ1) is 15.1. The molecule has 1 aliphatic heterocycles. The maximum atomic E-state index is 13.2. The molecule has 31 heavy (non-hydrogen) atoms. The molecular formula is C24H21N3O4. The van der Waals surface area contributed by atoms with Crippen molar-refractivity contribution in [1.82, 2.24) is 9.88 Å². The molecule has 1 saturated heterocycles. The standard InChI is InChI=1S/C24H21N3O4/c28-22-14-21(24(30)27(22)19-9-3-1-4-10-19)26(16-18-8-7-13-25-15-18)23(29)17-31-20-11-5-2-6-12-20/h1-13,15,21H,14,16-17H2. The highest BCUT2D eigenvalue weighted by Crippen LogP contribution is 2.26. The minimum absolute atomic E-state index is 0.0783. The number of hydrogen-bond acceptors (Lipinski definition) is 5. The second-order valence-electron chi connectivity index (χ2n) is 7.11. The first kappa shape index (κ1) is 20.3. The van der Waals surface area contributed by atoms with E-state index in [0.717, 1.165) is 10.5 Å². The first-order valence-corrected chi connectivity index (χ1v) is 9.91. The van der Waals surface area contributed by atoms with Crippen molar-refractivity contribution >= 4 is 23.4 Å². The highest BCUT2D eigenvalue weighted by molar-refractivity contribution is 6.23.